The average Bonchev–Trinajstić information content (AvgIpc) is 4.09. The molecule has 4 fully saturated rings. The van der Waals surface area contributed by atoms with Gasteiger partial charge in [-0.25, -0.2) is 4.98 Å². The summed E-state index contributed by atoms with van der Waals surface area (Å²) < 4.78 is 2.09. The lowest BCUT2D eigenvalue weighted by Crippen LogP contribution is -2.70. The molecule has 3 N–H and O–H groups in total. The average molecular weight is 1060 g/mol. The van der Waals surface area contributed by atoms with Crippen molar-refractivity contribution < 1.29 is 24.3 Å². The number of piperazine rings is 1. The third-order valence-electron chi connectivity index (χ3n) is 16.1. The largest absolute Gasteiger partial charge is 0.391 e. The summed E-state index contributed by atoms with van der Waals surface area (Å²) in [6.45, 7) is 21.8. The molecule has 1 spiro atoms. The van der Waals surface area contributed by atoms with E-state index in [1.807, 2.05) is 100 Å². The molecule has 4 amide bonds. The zero-order valence-electron chi connectivity index (χ0n) is 43.8. The Kier molecular flexibility index (Phi) is 14.3. The van der Waals surface area contributed by atoms with Crippen molar-refractivity contribution in [2.24, 2.45) is 15.8 Å². The fraction of sp³-hybridized carbons (Fsp3) is 0.527. The Morgan fingerprint density at radius 3 is 2.30 bits per heavy atom. The summed E-state index contributed by atoms with van der Waals surface area (Å²) >= 11 is 9.59. The van der Waals surface area contributed by atoms with Gasteiger partial charge >= 0.3 is 0 Å². The number of halogens is 1. The standard InChI is InChI=1S/C55H68ClN11O5S2/c1-30-24-63(26-44(69)60-49(54(7,8)9)52(72)66-25-41(68)20-43(66)51(71)58-32(3)36-10-12-38(13-11-36)48-33(4)57-29-73-48)18-19-65(30)40-22-55(23-40)27-64(28-55)45(70)21-42-50-62-61-35(6)67(50)53-46(31(2)34(5)74-53)47(59-42)37-14-16-39(56)17-15-37/h10-17,29-30,32,40-43,49,68H,18-28H2,1-9H3,(H,58,71)(H,60,69)/t30-,32?,41-,42+,43+,49-/m1/s1. The van der Waals surface area contributed by atoms with Gasteiger partial charge < -0.3 is 25.5 Å². The Labute approximate surface area is 446 Å². The monoisotopic (exact) mass is 1060 g/mol. The zero-order chi connectivity index (χ0) is 52.5. The predicted molar refractivity (Wildman–Crippen MR) is 289 cm³/mol. The zero-order valence-corrected chi connectivity index (χ0v) is 46.2. The van der Waals surface area contributed by atoms with Crippen molar-refractivity contribution in [1.82, 2.24) is 50.0 Å². The van der Waals surface area contributed by atoms with Gasteiger partial charge in [-0.1, -0.05) is 68.8 Å². The first-order valence-electron chi connectivity index (χ1n) is 25.9. The van der Waals surface area contributed by atoms with Gasteiger partial charge in [0, 0.05) is 84.2 Å². The lowest BCUT2D eigenvalue weighted by molar-refractivity contribution is -0.161. The minimum atomic E-state index is -0.909. The second-order valence-electron chi connectivity index (χ2n) is 22.6. The van der Waals surface area contributed by atoms with Crippen LogP contribution in [0.2, 0.25) is 5.02 Å². The molecule has 19 heteroatoms. The van der Waals surface area contributed by atoms with Gasteiger partial charge in [-0.2, -0.15) is 0 Å². The Bertz CT molecular complexity index is 2980. The number of hydrogen-bond donors (Lipinski definition) is 3. The number of carbonyl (C=O) groups excluding carboxylic acids is 4. The number of rotatable bonds is 12. The summed E-state index contributed by atoms with van der Waals surface area (Å²) in [5, 5.41) is 27.7. The van der Waals surface area contributed by atoms with Gasteiger partial charge in [0.2, 0.25) is 23.6 Å². The van der Waals surface area contributed by atoms with Crippen LogP contribution in [0.5, 0.6) is 0 Å². The van der Waals surface area contributed by atoms with E-state index in [0.29, 0.717) is 30.0 Å². The molecule has 0 radical (unpaired) electrons. The molecule has 0 bridgehead atoms. The van der Waals surface area contributed by atoms with Crippen LogP contribution in [-0.4, -0.2) is 150 Å². The van der Waals surface area contributed by atoms with Gasteiger partial charge in [-0.05, 0) is 88.6 Å². The molecule has 3 saturated heterocycles. The molecule has 16 nitrogen and oxygen atoms in total. The van der Waals surface area contributed by atoms with Crippen molar-refractivity contribution in [3.05, 3.63) is 104 Å². The molecule has 6 atom stereocenters. The van der Waals surface area contributed by atoms with E-state index in [4.69, 9.17) is 16.6 Å². The number of aromatic nitrogens is 4. The van der Waals surface area contributed by atoms with Crippen molar-refractivity contribution in [2.45, 2.75) is 130 Å². The van der Waals surface area contributed by atoms with Gasteiger partial charge in [0.1, 0.15) is 29.0 Å². The van der Waals surface area contributed by atoms with E-state index >= 15 is 0 Å². The number of amides is 4. The third-order valence-corrected chi connectivity index (χ3v) is 18.5. The molecule has 3 aromatic heterocycles. The van der Waals surface area contributed by atoms with Crippen molar-refractivity contribution in [3.63, 3.8) is 0 Å². The number of fused-ring (bicyclic) bond motifs is 3. The molecule has 4 aliphatic heterocycles. The van der Waals surface area contributed by atoms with E-state index in [1.54, 1.807) is 22.7 Å². The maximum absolute atomic E-state index is 14.4. The molecule has 2 aromatic carbocycles. The summed E-state index contributed by atoms with van der Waals surface area (Å²) in [4.78, 5) is 76.3. The highest BCUT2D eigenvalue weighted by Crippen LogP contribution is 2.51. The van der Waals surface area contributed by atoms with E-state index in [2.05, 4.69) is 61.0 Å². The molecule has 5 aromatic rings. The molecule has 7 heterocycles. The predicted octanol–water partition coefficient (Wildman–Crippen LogP) is 6.99. The normalized spacial score (nSPS) is 22.8. The van der Waals surface area contributed by atoms with Crippen LogP contribution < -0.4 is 10.6 Å². The van der Waals surface area contributed by atoms with E-state index in [-0.39, 0.29) is 67.1 Å². The number of nitrogens with zero attached hydrogens (tertiary/aromatic N) is 9. The van der Waals surface area contributed by atoms with Gasteiger partial charge in [0.15, 0.2) is 5.82 Å². The van der Waals surface area contributed by atoms with Crippen LogP contribution >= 0.6 is 34.3 Å². The van der Waals surface area contributed by atoms with Gasteiger partial charge in [0.05, 0.1) is 46.9 Å². The van der Waals surface area contributed by atoms with Crippen LogP contribution in [0.4, 0.5) is 0 Å². The van der Waals surface area contributed by atoms with E-state index in [1.165, 1.54) is 9.78 Å². The second-order valence-corrected chi connectivity index (χ2v) is 25.1. The van der Waals surface area contributed by atoms with Crippen LogP contribution in [-0.2, 0) is 19.2 Å². The van der Waals surface area contributed by atoms with E-state index in [0.717, 1.165) is 87.4 Å². The second kappa shape index (κ2) is 20.3. The molecule has 1 saturated carbocycles. The number of β-amino-alcohol motifs (C(OH)–C–C–N with tert-alkyl or cyclic N) is 1. The number of carbonyl (C=O) groups is 4. The number of benzene rings is 2. The summed E-state index contributed by atoms with van der Waals surface area (Å²) in [5.74, 6) is 0.541. The number of aliphatic imine (C=N–C) groups is 1. The summed E-state index contributed by atoms with van der Waals surface area (Å²) in [6.07, 6.45) is 1.50. The number of thiazole rings is 1. The molecule has 392 valence electrons. The Morgan fingerprint density at radius 2 is 1.64 bits per heavy atom. The van der Waals surface area contributed by atoms with Crippen LogP contribution in [0.15, 0.2) is 59.0 Å². The number of likely N-dealkylation sites (tertiary alicyclic amines) is 2. The lowest BCUT2D eigenvalue weighted by atomic mass is 9.60. The minimum Gasteiger partial charge on any atom is -0.391 e. The third kappa shape index (κ3) is 10.1. The minimum absolute atomic E-state index is 0.00994. The van der Waals surface area contributed by atoms with Crippen LogP contribution in [0.3, 0.4) is 0 Å². The molecule has 10 rings (SSSR count). The highest BCUT2D eigenvalue weighted by atomic mass is 35.5. The van der Waals surface area contributed by atoms with Crippen molar-refractivity contribution in [3.8, 4) is 15.4 Å². The molecule has 5 aliphatic rings. The van der Waals surface area contributed by atoms with Crippen LogP contribution in [0.1, 0.15) is 117 Å². The lowest BCUT2D eigenvalue weighted by Gasteiger charge is -2.62. The van der Waals surface area contributed by atoms with Crippen molar-refractivity contribution >= 4 is 63.6 Å². The molecular weight excluding hydrogens is 994 g/mol. The number of aliphatic hydroxyl groups is 1. The first-order valence-corrected chi connectivity index (χ1v) is 28.0. The molecule has 1 unspecified atom stereocenters. The van der Waals surface area contributed by atoms with Crippen molar-refractivity contribution in [2.75, 3.05) is 45.8 Å². The summed E-state index contributed by atoms with van der Waals surface area (Å²) in [7, 11) is 0. The Balaban J connectivity index is 0.710. The fourth-order valence-corrected chi connectivity index (χ4v) is 14.1. The Hall–Kier alpha value is -5.37. The first kappa shape index (κ1) is 52.1. The summed E-state index contributed by atoms with van der Waals surface area (Å²) in [6, 6.07) is 13.7. The number of aliphatic hydroxyl groups excluding tert-OH is 1. The van der Waals surface area contributed by atoms with Crippen molar-refractivity contribution in [1.29, 1.82) is 0 Å². The SMILES string of the molecule is Cc1ncsc1-c1ccc(C(C)NC(=O)[C@@H]2C[C@@H](O)CN2C(=O)[C@@H](NC(=O)CN2CCN(C3CC4(C3)CN(C(=O)C[C@@H]3N=C(c5ccc(Cl)cc5)c5c(sc(C)c5C)-n5c(C)nnc53)C4)[C@H](C)C2)C(C)(C)C)cc1. The smallest absolute Gasteiger partial charge is 0.246 e. The quantitative estimate of drug-likeness (QED) is 0.118. The van der Waals surface area contributed by atoms with Gasteiger partial charge in [0.25, 0.3) is 0 Å². The molecule has 1 aliphatic carbocycles. The number of hydrogen-bond acceptors (Lipinski definition) is 13. The topological polar surface area (TPSA) is 181 Å². The molecule has 74 heavy (non-hydrogen) atoms. The van der Waals surface area contributed by atoms with Gasteiger partial charge in [-0.15, -0.1) is 32.9 Å². The highest BCUT2D eigenvalue weighted by Gasteiger charge is 2.56. The fourth-order valence-electron chi connectivity index (χ4n) is 12.0. The van der Waals surface area contributed by atoms with Gasteiger partial charge in [-0.3, -0.25) is 38.5 Å². The number of thiophene rings is 1. The maximum atomic E-state index is 14.4. The highest BCUT2D eigenvalue weighted by molar-refractivity contribution is 7.15. The van der Waals surface area contributed by atoms with E-state index < -0.39 is 29.6 Å². The summed E-state index contributed by atoms with van der Waals surface area (Å²) in [5.41, 5.74) is 8.19. The first-order chi connectivity index (χ1) is 35.2. The van der Waals surface area contributed by atoms with Crippen LogP contribution in [0, 0.1) is 38.5 Å². The number of aryl methyl sites for hydroxylation is 3. The van der Waals surface area contributed by atoms with Crippen LogP contribution in [0.25, 0.3) is 15.4 Å². The molecular formula is C55H68ClN11O5S2. The number of nitrogens with one attached hydrogen (secondary N) is 2. The maximum Gasteiger partial charge on any atom is 0.246 e. The Morgan fingerprint density at radius 1 is 0.932 bits per heavy atom. The van der Waals surface area contributed by atoms with E-state index in [9.17, 15) is 24.3 Å².